The normalized spacial score (nSPS) is 14.1. The van der Waals surface area contributed by atoms with Crippen molar-refractivity contribution in [3.8, 4) is 11.4 Å². The Kier molecular flexibility index (Phi) is 5.64. The highest BCUT2D eigenvalue weighted by Crippen LogP contribution is 2.29. The highest BCUT2D eigenvalue weighted by Gasteiger charge is 2.20. The van der Waals surface area contributed by atoms with Crippen molar-refractivity contribution in [2.24, 2.45) is 7.05 Å². The highest BCUT2D eigenvalue weighted by atomic mass is 35.5. The van der Waals surface area contributed by atoms with Gasteiger partial charge in [0.25, 0.3) is 0 Å². The van der Waals surface area contributed by atoms with Crippen LogP contribution in [0.25, 0.3) is 22.4 Å². The molecule has 0 bridgehead atoms. The van der Waals surface area contributed by atoms with Crippen LogP contribution in [0.4, 0.5) is 5.82 Å². The summed E-state index contributed by atoms with van der Waals surface area (Å²) in [6, 6.07) is 16.9. The molecule has 0 atom stereocenters. The lowest BCUT2D eigenvalue weighted by atomic mass is 10.0. The van der Waals surface area contributed by atoms with E-state index in [4.69, 9.17) is 26.3 Å². The Morgan fingerprint density at radius 3 is 2.62 bits per heavy atom. The molecular weight excluding hydrogens is 424 g/mol. The van der Waals surface area contributed by atoms with Crippen LogP contribution in [0.2, 0.25) is 5.02 Å². The second-order valence-corrected chi connectivity index (χ2v) is 8.37. The van der Waals surface area contributed by atoms with Crippen LogP contribution in [0.5, 0.6) is 0 Å². The molecule has 0 N–H and O–H groups in total. The number of nitrogens with zero attached hydrogens (tertiary/aromatic N) is 4. The number of hydrogen-bond acceptors (Lipinski definition) is 5. The quantitative estimate of drug-likeness (QED) is 0.421. The van der Waals surface area contributed by atoms with E-state index < -0.39 is 0 Å². The molecule has 1 aliphatic rings. The van der Waals surface area contributed by atoms with Gasteiger partial charge in [0.1, 0.15) is 5.52 Å². The molecule has 2 aromatic heterocycles. The van der Waals surface area contributed by atoms with Crippen molar-refractivity contribution < 1.29 is 9.53 Å². The van der Waals surface area contributed by atoms with E-state index in [0.29, 0.717) is 36.0 Å². The first-order chi connectivity index (χ1) is 15.6. The predicted molar refractivity (Wildman–Crippen MR) is 126 cm³/mol. The lowest BCUT2D eigenvalue weighted by molar-refractivity contribution is 0.0993. The number of rotatable bonds is 5. The van der Waals surface area contributed by atoms with E-state index in [-0.39, 0.29) is 5.78 Å². The first kappa shape index (κ1) is 20.7. The monoisotopic (exact) mass is 446 g/mol. The number of ether oxygens (including phenoxy) is 1. The summed E-state index contributed by atoms with van der Waals surface area (Å²) in [5.74, 6) is 1.63. The summed E-state index contributed by atoms with van der Waals surface area (Å²) in [4.78, 5) is 24.7. The molecule has 162 valence electrons. The van der Waals surface area contributed by atoms with Crippen LogP contribution in [0.1, 0.15) is 15.9 Å². The second kappa shape index (κ2) is 8.73. The predicted octanol–water partition coefficient (Wildman–Crippen LogP) is 4.55. The summed E-state index contributed by atoms with van der Waals surface area (Å²) in [5, 5.41) is 0.619. The Labute approximate surface area is 191 Å². The average molecular weight is 447 g/mol. The topological polar surface area (TPSA) is 60.2 Å². The van der Waals surface area contributed by atoms with E-state index >= 15 is 0 Å². The number of ketones is 1. The largest absolute Gasteiger partial charge is 0.378 e. The number of fused-ring (bicyclic) bond motifs is 1. The third-order valence-electron chi connectivity index (χ3n) is 5.73. The Hall–Kier alpha value is -3.22. The van der Waals surface area contributed by atoms with Crippen molar-refractivity contribution in [3.05, 3.63) is 76.9 Å². The number of aromatic nitrogens is 3. The molecule has 0 saturated carbocycles. The molecule has 7 heteroatoms. The standard InChI is InChI=1S/C25H23ClN4O2/c1-29-10-9-21-23(29)25(30-11-13-32-14-12-30)28-24(27-21)19-4-2-3-17(15-19)16-22(31)18-5-7-20(26)8-6-18/h2-10,15H,11-14,16H2,1H3. The van der Waals surface area contributed by atoms with Crippen LogP contribution in [0, 0.1) is 0 Å². The molecule has 0 unspecified atom stereocenters. The average Bonchev–Trinajstić information content (AvgIpc) is 3.20. The molecule has 3 heterocycles. The van der Waals surface area contributed by atoms with Gasteiger partial charge in [0.15, 0.2) is 17.4 Å². The minimum Gasteiger partial charge on any atom is -0.378 e. The van der Waals surface area contributed by atoms with Crippen LogP contribution >= 0.6 is 11.6 Å². The maximum Gasteiger partial charge on any atom is 0.167 e. The number of benzene rings is 2. The Morgan fingerprint density at radius 2 is 1.84 bits per heavy atom. The van der Waals surface area contributed by atoms with E-state index in [1.54, 1.807) is 24.3 Å². The highest BCUT2D eigenvalue weighted by molar-refractivity contribution is 6.30. The smallest absolute Gasteiger partial charge is 0.167 e. The fourth-order valence-electron chi connectivity index (χ4n) is 4.04. The fraction of sp³-hybridized carbons (Fsp3) is 0.240. The van der Waals surface area contributed by atoms with E-state index in [1.165, 1.54) is 0 Å². The van der Waals surface area contributed by atoms with Crippen LogP contribution in [-0.4, -0.2) is 46.6 Å². The van der Waals surface area contributed by atoms with Gasteiger partial charge in [0, 0.05) is 48.9 Å². The Morgan fingerprint density at radius 1 is 1.06 bits per heavy atom. The van der Waals surface area contributed by atoms with Crippen LogP contribution in [0.15, 0.2) is 60.8 Å². The van der Waals surface area contributed by atoms with Crippen molar-refractivity contribution in [1.82, 2.24) is 14.5 Å². The van der Waals surface area contributed by atoms with Crippen molar-refractivity contribution in [1.29, 1.82) is 0 Å². The number of morpholine rings is 1. The number of anilines is 1. The molecular formula is C25H23ClN4O2. The van der Waals surface area contributed by atoms with Gasteiger partial charge >= 0.3 is 0 Å². The molecule has 2 aromatic carbocycles. The van der Waals surface area contributed by atoms with E-state index in [9.17, 15) is 4.79 Å². The summed E-state index contributed by atoms with van der Waals surface area (Å²) in [7, 11) is 2.01. The van der Waals surface area contributed by atoms with Crippen molar-refractivity contribution in [2.75, 3.05) is 31.2 Å². The van der Waals surface area contributed by atoms with Crippen molar-refractivity contribution in [2.45, 2.75) is 6.42 Å². The lowest BCUT2D eigenvalue weighted by Gasteiger charge is -2.28. The second-order valence-electron chi connectivity index (χ2n) is 7.94. The van der Waals surface area contributed by atoms with E-state index in [0.717, 1.165) is 41.1 Å². The van der Waals surface area contributed by atoms with Gasteiger partial charge in [0.2, 0.25) is 0 Å². The minimum absolute atomic E-state index is 0.0484. The van der Waals surface area contributed by atoms with Gasteiger partial charge in [-0.15, -0.1) is 0 Å². The number of halogens is 1. The zero-order valence-corrected chi connectivity index (χ0v) is 18.5. The SMILES string of the molecule is Cn1ccc2nc(-c3cccc(CC(=O)c4ccc(Cl)cc4)c3)nc(N3CCOCC3)c21. The molecule has 6 nitrogen and oxygen atoms in total. The van der Waals surface area contributed by atoms with Gasteiger partial charge in [-0.25, -0.2) is 9.97 Å². The maximum absolute atomic E-state index is 12.7. The van der Waals surface area contributed by atoms with Crippen molar-refractivity contribution >= 4 is 34.2 Å². The van der Waals surface area contributed by atoms with Gasteiger partial charge in [-0.05, 0) is 42.0 Å². The van der Waals surface area contributed by atoms with Gasteiger partial charge < -0.3 is 14.2 Å². The zero-order chi connectivity index (χ0) is 22.1. The third kappa shape index (κ3) is 4.11. The van der Waals surface area contributed by atoms with Gasteiger partial charge in [-0.1, -0.05) is 29.8 Å². The summed E-state index contributed by atoms with van der Waals surface area (Å²) < 4.78 is 7.59. The van der Waals surface area contributed by atoms with Gasteiger partial charge in [-0.3, -0.25) is 4.79 Å². The number of carbonyl (C=O) groups is 1. The van der Waals surface area contributed by atoms with Crippen LogP contribution in [0.3, 0.4) is 0 Å². The molecule has 1 fully saturated rings. The number of Topliss-reactive ketones (excluding diaryl/α,β-unsaturated/α-hetero) is 1. The summed E-state index contributed by atoms with van der Waals surface area (Å²) in [5.41, 5.74) is 4.39. The minimum atomic E-state index is 0.0484. The maximum atomic E-state index is 12.7. The molecule has 4 aromatic rings. The number of carbonyl (C=O) groups excluding carboxylic acids is 1. The van der Waals surface area contributed by atoms with Crippen molar-refractivity contribution in [3.63, 3.8) is 0 Å². The molecule has 0 aliphatic carbocycles. The number of aryl methyl sites for hydroxylation is 1. The first-order valence-electron chi connectivity index (χ1n) is 10.6. The molecule has 32 heavy (non-hydrogen) atoms. The molecule has 0 radical (unpaired) electrons. The molecule has 1 aliphatic heterocycles. The van der Waals surface area contributed by atoms with Gasteiger partial charge in [0.05, 0.1) is 18.7 Å². The van der Waals surface area contributed by atoms with E-state index in [1.807, 2.05) is 43.6 Å². The fourth-order valence-corrected chi connectivity index (χ4v) is 4.17. The third-order valence-corrected chi connectivity index (χ3v) is 5.98. The first-order valence-corrected chi connectivity index (χ1v) is 11.0. The molecule has 1 saturated heterocycles. The zero-order valence-electron chi connectivity index (χ0n) is 17.8. The lowest BCUT2D eigenvalue weighted by Crippen LogP contribution is -2.37. The number of hydrogen-bond donors (Lipinski definition) is 0. The Bertz CT molecular complexity index is 1280. The molecule has 0 spiro atoms. The van der Waals surface area contributed by atoms with Crippen LogP contribution < -0.4 is 4.90 Å². The summed E-state index contributed by atoms with van der Waals surface area (Å²) in [6.07, 6.45) is 2.31. The van der Waals surface area contributed by atoms with E-state index in [2.05, 4.69) is 9.47 Å². The van der Waals surface area contributed by atoms with Gasteiger partial charge in [-0.2, -0.15) is 0 Å². The van der Waals surface area contributed by atoms with Crippen LogP contribution in [-0.2, 0) is 18.2 Å². The Balaban J connectivity index is 1.49. The molecule has 5 rings (SSSR count). The summed E-state index contributed by atoms with van der Waals surface area (Å²) >= 11 is 5.94. The molecule has 0 amide bonds. The summed E-state index contributed by atoms with van der Waals surface area (Å²) in [6.45, 7) is 2.97.